The zero-order chi connectivity index (χ0) is 14.5. The number of esters is 1. The number of hydrogen-bond acceptors (Lipinski definition) is 3. The Balaban J connectivity index is 2.54. The molecule has 1 saturated carbocycles. The first-order valence-electron chi connectivity index (χ1n) is 6.81. The van der Waals surface area contributed by atoms with Gasteiger partial charge in [-0.1, -0.05) is 19.3 Å². The fraction of sp³-hybridized carbons (Fsp3) is 0.923. The van der Waals surface area contributed by atoms with Crippen LogP contribution < -0.4 is 5.32 Å². The fourth-order valence-electron chi connectivity index (χ4n) is 2.30. The van der Waals surface area contributed by atoms with Gasteiger partial charge >= 0.3 is 12.1 Å². The summed E-state index contributed by atoms with van der Waals surface area (Å²) in [5, 5.41) is 2.57. The number of alkyl halides is 3. The van der Waals surface area contributed by atoms with E-state index < -0.39 is 30.7 Å². The quantitative estimate of drug-likeness (QED) is 0.787. The van der Waals surface area contributed by atoms with Crippen molar-refractivity contribution in [3.05, 3.63) is 0 Å². The largest absolute Gasteiger partial charge is 0.463 e. The summed E-state index contributed by atoms with van der Waals surface area (Å²) in [4.78, 5) is 11.4. The van der Waals surface area contributed by atoms with Crippen LogP contribution in [0.15, 0.2) is 0 Å². The molecule has 0 radical (unpaired) electrons. The van der Waals surface area contributed by atoms with E-state index in [1.807, 2.05) is 0 Å². The van der Waals surface area contributed by atoms with Gasteiger partial charge in [-0.25, -0.2) is 0 Å². The Morgan fingerprint density at radius 1 is 1.26 bits per heavy atom. The van der Waals surface area contributed by atoms with Crippen molar-refractivity contribution in [3.8, 4) is 0 Å². The van der Waals surface area contributed by atoms with Crippen LogP contribution in [0, 0.1) is 0 Å². The van der Waals surface area contributed by atoms with Crippen LogP contribution in [0.4, 0.5) is 13.2 Å². The molecule has 0 aliphatic heterocycles. The van der Waals surface area contributed by atoms with Crippen molar-refractivity contribution in [1.82, 2.24) is 5.32 Å². The van der Waals surface area contributed by atoms with Gasteiger partial charge in [0.05, 0.1) is 12.5 Å². The lowest BCUT2D eigenvalue weighted by Gasteiger charge is -2.29. The second kappa shape index (κ2) is 7.12. The summed E-state index contributed by atoms with van der Waals surface area (Å²) in [6, 6.07) is -1.95. The molecule has 0 unspecified atom stereocenters. The molecule has 1 N–H and O–H groups in total. The molecule has 0 bridgehead atoms. The molecular weight excluding hydrogens is 259 g/mol. The number of halogens is 3. The Kier molecular flexibility index (Phi) is 6.10. The third-order valence-electron chi connectivity index (χ3n) is 3.18. The maximum Gasteiger partial charge on any atom is 0.404 e. The van der Waals surface area contributed by atoms with Gasteiger partial charge in [-0.3, -0.25) is 4.79 Å². The van der Waals surface area contributed by atoms with E-state index in [9.17, 15) is 18.0 Å². The second-order valence-electron chi connectivity index (χ2n) is 5.34. The molecule has 1 aliphatic carbocycles. The summed E-state index contributed by atoms with van der Waals surface area (Å²) >= 11 is 0. The zero-order valence-corrected chi connectivity index (χ0v) is 11.4. The van der Waals surface area contributed by atoms with Crippen LogP contribution >= 0.6 is 0 Å². The summed E-state index contributed by atoms with van der Waals surface area (Å²) < 4.78 is 43.5. The number of nitrogens with one attached hydrogen (secondary N) is 1. The van der Waals surface area contributed by atoms with Crippen LogP contribution in [0.25, 0.3) is 0 Å². The van der Waals surface area contributed by atoms with E-state index in [4.69, 9.17) is 4.74 Å². The van der Waals surface area contributed by atoms with Gasteiger partial charge in [0.1, 0.15) is 6.04 Å². The van der Waals surface area contributed by atoms with Gasteiger partial charge in [0.2, 0.25) is 0 Å². The topological polar surface area (TPSA) is 38.3 Å². The predicted octanol–water partition coefficient (Wildman–Crippen LogP) is 3.18. The Bertz CT molecular complexity index is 286. The molecule has 0 spiro atoms. The molecule has 0 amide bonds. The van der Waals surface area contributed by atoms with E-state index in [0.29, 0.717) is 0 Å². The number of ether oxygens (including phenoxy) is 1. The molecule has 1 aliphatic rings. The van der Waals surface area contributed by atoms with Gasteiger partial charge in [-0.2, -0.15) is 13.2 Å². The predicted molar refractivity (Wildman–Crippen MR) is 65.7 cm³/mol. The molecular formula is C13H22F3NO2. The van der Waals surface area contributed by atoms with Crippen molar-refractivity contribution in [2.45, 2.75) is 76.7 Å². The molecule has 0 aromatic carbocycles. The van der Waals surface area contributed by atoms with Crippen LogP contribution in [0.5, 0.6) is 0 Å². The van der Waals surface area contributed by atoms with E-state index in [-0.39, 0.29) is 6.04 Å². The Labute approximate surface area is 111 Å². The van der Waals surface area contributed by atoms with Gasteiger partial charge in [-0.05, 0) is 26.7 Å². The first kappa shape index (κ1) is 16.3. The third kappa shape index (κ3) is 6.27. The minimum atomic E-state index is -4.42. The zero-order valence-electron chi connectivity index (χ0n) is 11.4. The summed E-state index contributed by atoms with van der Waals surface area (Å²) in [6.07, 6.45) is -1.03. The first-order valence-corrected chi connectivity index (χ1v) is 6.81. The minimum absolute atomic E-state index is 0.146. The van der Waals surface area contributed by atoms with Gasteiger partial charge in [0, 0.05) is 6.04 Å². The van der Waals surface area contributed by atoms with Crippen LogP contribution in [0.3, 0.4) is 0 Å². The second-order valence-corrected chi connectivity index (χ2v) is 5.34. The van der Waals surface area contributed by atoms with Gasteiger partial charge < -0.3 is 10.1 Å². The maximum atomic E-state index is 12.9. The number of rotatable bonds is 5. The van der Waals surface area contributed by atoms with Gasteiger partial charge in [0.15, 0.2) is 0 Å². The molecule has 0 aromatic rings. The van der Waals surface area contributed by atoms with E-state index >= 15 is 0 Å². The van der Waals surface area contributed by atoms with E-state index in [0.717, 1.165) is 32.1 Å². The molecule has 1 rings (SSSR count). The van der Waals surface area contributed by atoms with Crippen molar-refractivity contribution < 1.29 is 22.7 Å². The van der Waals surface area contributed by atoms with Crippen LogP contribution in [-0.4, -0.2) is 30.3 Å². The molecule has 112 valence electrons. The molecule has 1 fully saturated rings. The first-order chi connectivity index (χ1) is 8.79. The standard InChI is InChI=1S/C13H22F3NO2/c1-9(2)19-12(18)8-11(13(14,15)16)17-10-6-4-3-5-7-10/h9-11,17H,3-8H2,1-2H3/t11-/m1/s1. The maximum absolute atomic E-state index is 12.9. The Morgan fingerprint density at radius 3 is 2.32 bits per heavy atom. The summed E-state index contributed by atoms with van der Waals surface area (Å²) in [7, 11) is 0. The van der Waals surface area contributed by atoms with Gasteiger partial charge in [0.25, 0.3) is 0 Å². The normalized spacial score (nSPS) is 19.5. The van der Waals surface area contributed by atoms with Crippen LogP contribution in [0.1, 0.15) is 52.4 Å². The fourth-order valence-corrected chi connectivity index (χ4v) is 2.30. The molecule has 6 heteroatoms. The van der Waals surface area contributed by atoms with E-state index in [2.05, 4.69) is 5.32 Å². The molecule has 0 heterocycles. The molecule has 19 heavy (non-hydrogen) atoms. The summed E-state index contributed by atoms with van der Waals surface area (Å²) in [5.74, 6) is -0.805. The van der Waals surface area contributed by atoms with E-state index in [1.54, 1.807) is 13.8 Å². The molecule has 0 aromatic heterocycles. The highest BCUT2D eigenvalue weighted by atomic mass is 19.4. The number of carbonyl (C=O) groups excluding carboxylic acids is 1. The SMILES string of the molecule is CC(C)OC(=O)C[C@@H](NC1CCCCC1)C(F)(F)F. The Hall–Kier alpha value is -0.780. The summed E-state index contributed by atoms with van der Waals surface area (Å²) in [6.45, 7) is 3.24. The van der Waals surface area contributed by atoms with Crippen molar-refractivity contribution in [2.24, 2.45) is 0 Å². The highest BCUT2D eigenvalue weighted by Gasteiger charge is 2.42. The average molecular weight is 281 g/mol. The van der Waals surface area contributed by atoms with Crippen molar-refractivity contribution in [3.63, 3.8) is 0 Å². The van der Waals surface area contributed by atoms with Crippen molar-refractivity contribution in [2.75, 3.05) is 0 Å². The van der Waals surface area contributed by atoms with Crippen LogP contribution in [0.2, 0.25) is 0 Å². The third-order valence-corrected chi connectivity index (χ3v) is 3.18. The van der Waals surface area contributed by atoms with Crippen molar-refractivity contribution >= 4 is 5.97 Å². The lowest BCUT2D eigenvalue weighted by molar-refractivity contribution is -0.173. The minimum Gasteiger partial charge on any atom is -0.463 e. The molecule has 0 saturated heterocycles. The molecule has 1 atom stereocenters. The lowest BCUT2D eigenvalue weighted by atomic mass is 9.94. The number of carbonyl (C=O) groups is 1. The van der Waals surface area contributed by atoms with Crippen molar-refractivity contribution in [1.29, 1.82) is 0 Å². The molecule has 3 nitrogen and oxygen atoms in total. The van der Waals surface area contributed by atoms with Crippen LogP contribution in [-0.2, 0) is 9.53 Å². The lowest BCUT2D eigenvalue weighted by Crippen LogP contribution is -2.49. The van der Waals surface area contributed by atoms with E-state index in [1.165, 1.54) is 0 Å². The smallest absolute Gasteiger partial charge is 0.404 e. The monoisotopic (exact) mass is 281 g/mol. The summed E-state index contributed by atoms with van der Waals surface area (Å²) in [5.41, 5.74) is 0. The van der Waals surface area contributed by atoms with Gasteiger partial charge in [-0.15, -0.1) is 0 Å². The Morgan fingerprint density at radius 2 is 1.84 bits per heavy atom. The number of hydrogen-bond donors (Lipinski definition) is 1. The highest BCUT2D eigenvalue weighted by molar-refractivity contribution is 5.70. The average Bonchev–Trinajstić information content (AvgIpc) is 2.27. The highest BCUT2D eigenvalue weighted by Crippen LogP contribution is 2.26.